The van der Waals surface area contributed by atoms with Crippen molar-refractivity contribution in [3.8, 4) is 5.75 Å². The van der Waals surface area contributed by atoms with E-state index >= 15 is 0 Å². The number of pyridine rings is 1. The van der Waals surface area contributed by atoms with Gasteiger partial charge in [0.2, 0.25) is 11.8 Å². The number of halogens is 9. The predicted octanol–water partition coefficient (Wildman–Crippen LogP) is 3.95. The highest BCUT2D eigenvalue weighted by Crippen LogP contribution is 2.48. The molecule has 1 aromatic carbocycles. The third kappa shape index (κ3) is 7.47. The van der Waals surface area contributed by atoms with Crippen LogP contribution in [0.1, 0.15) is 29.7 Å². The van der Waals surface area contributed by atoms with Crippen LogP contribution in [-0.4, -0.2) is 56.3 Å². The Balaban J connectivity index is 2.16. The molecule has 2 N–H and O–H groups in total. The molecule has 2 heterocycles. The summed E-state index contributed by atoms with van der Waals surface area (Å²) in [6.45, 7) is -0.825. The summed E-state index contributed by atoms with van der Waals surface area (Å²) in [5, 5.41) is 3.73. The largest absolute Gasteiger partial charge is 0.573 e. The molecule has 2 aromatic rings. The Morgan fingerprint density at radius 3 is 2.29 bits per heavy atom. The first-order chi connectivity index (χ1) is 18.7. The van der Waals surface area contributed by atoms with E-state index in [1.54, 1.807) is 5.32 Å². The van der Waals surface area contributed by atoms with Gasteiger partial charge in [-0.05, 0) is 35.4 Å². The van der Waals surface area contributed by atoms with Gasteiger partial charge in [-0.2, -0.15) is 13.2 Å². The van der Waals surface area contributed by atoms with E-state index in [1.165, 1.54) is 0 Å². The van der Waals surface area contributed by atoms with Crippen molar-refractivity contribution in [1.82, 2.24) is 15.6 Å². The Morgan fingerprint density at radius 2 is 1.80 bits per heavy atom. The average molecular weight is 619 g/mol. The van der Waals surface area contributed by atoms with Crippen LogP contribution < -0.4 is 15.4 Å². The van der Waals surface area contributed by atoms with Crippen molar-refractivity contribution in [2.45, 2.75) is 30.9 Å². The van der Waals surface area contributed by atoms with Gasteiger partial charge in [0.15, 0.2) is 26.9 Å². The van der Waals surface area contributed by atoms with Crippen LogP contribution in [0.3, 0.4) is 0 Å². The lowest BCUT2D eigenvalue weighted by molar-refractivity contribution is -0.275. The molecular weight excluding hydrogens is 601 g/mol. The summed E-state index contributed by atoms with van der Waals surface area (Å²) in [6.07, 6.45) is -13.7. The molecule has 0 fully saturated rings. The Morgan fingerprint density at radius 1 is 1.15 bits per heavy atom. The number of amides is 2. The van der Waals surface area contributed by atoms with Gasteiger partial charge < -0.3 is 15.4 Å². The van der Waals surface area contributed by atoms with E-state index in [-0.39, 0.29) is 12.1 Å². The SMILES string of the molecule is CS(=O)(=O)CC(=O)NCC1=C(c2ccc(C(F)F)cn2)CC(c2ccc(OC(F)(F)F)c(F)c2)(C(F)(F)F)NC1=O. The summed E-state index contributed by atoms with van der Waals surface area (Å²) in [4.78, 5) is 28.8. The number of rotatable bonds is 8. The number of hydrogen-bond acceptors (Lipinski definition) is 6. The summed E-state index contributed by atoms with van der Waals surface area (Å²) in [6, 6.07) is 2.48. The molecule has 8 nitrogen and oxygen atoms in total. The second-order valence-electron chi connectivity index (χ2n) is 8.81. The minimum absolute atomic E-state index is 0.0820. The van der Waals surface area contributed by atoms with Crippen LogP contribution >= 0.6 is 0 Å². The fraction of sp³-hybridized carbons (Fsp3) is 0.348. The first kappa shape index (κ1) is 31.7. The quantitative estimate of drug-likeness (QED) is 0.433. The molecule has 1 aromatic heterocycles. The van der Waals surface area contributed by atoms with Crippen LogP contribution in [0.4, 0.5) is 39.5 Å². The third-order valence-corrected chi connectivity index (χ3v) is 6.53. The van der Waals surface area contributed by atoms with E-state index in [4.69, 9.17) is 0 Å². The Labute approximate surface area is 225 Å². The van der Waals surface area contributed by atoms with Crippen LogP contribution in [0, 0.1) is 5.82 Å². The van der Waals surface area contributed by atoms with Crippen LogP contribution in [-0.2, 0) is 25.0 Å². The molecule has 0 radical (unpaired) electrons. The lowest BCUT2D eigenvalue weighted by Crippen LogP contribution is -2.59. The van der Waals surface area contributed by atoms with Crippen molar-refractivity contribution in [2.75, 3.05) is 18.6 Å². The second kappa shape index (κ2) is 11.2. The van der Waals surface area contributed by atoms with E-state index in [9.17, 15) is 57.5 Å². The molecule has 41 heavy (non-hydrogen) atoms. The fourth-order valence-electron chi connectivity index (χ4n) is 3.93. The number of nitrogens with one attached hydrogen (secondary N) is 2. The van der Waals surface area contributed by atoms with E-state index in [0.717, 1.165) is 18.4 Å². The lowest BCUT2D eigenvalue weighted by Gasteiger charge is -2.41. The summed E-state index contributed by atoms with van der Waals surface area (Å²) >= 11 is 0. The zero-order valence-electron chi connectivity index (χ0n) is 20.5. The maximum Gasteiger partial charge on any atom is 0.573 e. The molecule has 1 aliphatic rings. The minimum atomic E-state index is -5.43. The first-order valence-corrected chi connectivity index (χ1v) is 13.1. The van der Waals surface area contributed by atoms with Gasteiger partial charge in [0.1, 0.15) is 5.75 Å². The zero-order chi connectivity index (χ0) is 31.0. The molecule has 0 bridgehead atoms. The maximum atomic E-state index is 14.6. The number of benzene rings is 1. The van der Waals surface area contributed by atoms with Gasteiger partial charge in [-0.25, -0.2) is 21.6 Å². The smallest absolute Gasteiger partial charge is 0.403 e. The predicted molar refractivity (Wildman–Crippen MR) is 122 cm³/mol. The van der Waals surface area contributed by atoms with Crippen LogP contribution in [0.5, 0.6) is 5.75 Å². The summed E-state index contributed by atoms with van der Waals surface area (Å²) < 4.78 is 148. The molecule has 0 saturated carbocycles. The first-order valence-electron chi connectivity index (χ1n) is 11.1. The highest BCUT2D eigenvalue weighted by atomic mass is 32.2. The summed E-state index contributed by atoms with van der Waals surface area (Å²) in [5.74, 6) is -6.95. The monoisotopic (exact) mass is 619 g/mol. The topological polar surface area (TPSA) is 114 Å². The number of alkyl halides is 8. The minimum Gasteiger partial charge on any atom is -0.403 e. The molecule has 3 rings (SSSR count). The standard InChI is InChI=1S/C23H18F9N3O5S/c1-41(38,39)10-18(36)34-9-14-13(16-4-2-11(8-33-16)19(25)26)7-21(22(27,28)29,35-20(14)37)12-3-5-17(15(24)6-12)40-23(30,31)32/h2-6,8,19H,7,9-10H2,1H3,(H,34,36)(H,35,37). The number of aromatic nitrogens is 1. The van der Waals surface area contributed by atoms with Crippen molar-refractivity contribution < 1.29 is 62.3 Å². The van der Waals surface area contributed by atoms with E-state index < -0.39 is 104 Å². The molecule has 1 aliphatic heterocycles. The third-order valence-electron chi connectivity index (χ3n) is 5.74. The Hall–Kier alpha value is -3.83. The van der Waals surface area contributed by atoms with Gasteiger partial charge in [0.25, 0.3) is 6.43 Å². The average Bonchev–Trinajstić information content (AvgIpc) is 2.81. The molecular formula is C23H18F9N3O5S. The summed E-state index contributed by atoms with van der Waals surface area (Å²) in [7, 11) is -3.84. The Bertz CT molecular complexity index is 1470. The van der Waals surface area contributed by atoms with E-state index in [2.05, 4.69) is 15.0 Å². The molecule has 18 heteroatoms. The number of carbonyl (C=O) groups is 2. The van der Waals surface area contributed by atoms with Gasteiger partial charge in [-0.1, -0.05) is 6.07 Å². The van der Waals surface area contributed by atoms with Gasteiger partial charge in [-0.15, -0.1) is 13.2 Å². The van der Waals surface area contributed by atoms with Crippen LogP contribution in [0.25, 0.3) is 5.57 Å². The fourth-order valence-corrected chi connectivity index (χ4v) is 4.50. The molecule has 2 amide bonds. The molecule has 0 spiro atoms. The maximum absolute atomic E-state index is 14.6. The van der Waals surface area contributed by atoms with Gasteiger partial charge in [0, 0.05) is 36.6 Å². The van der Waals surface area contributed by atoms with Crippen molar-refractivity contribution in [3.63, 3.8) is 0 Å². The number of hydrogen-bond donors (Lipinski definition) is 2. The number of sulfone groups is 1. The van der Waals surface area contributed by atoms with Crippen molar-refractivity contribution in [1.29, 1.82) is 0 Å². The Kier molecular flexibility index (Phi) is 8.67. The second-order valence-corrected chi connectivity index (χ2v) is 10.9. The number of ether oxygens (including phenoxy) is 1. The number of nitrogens with zero attached hydrogens (tertiary/aromatic N) is 1. The van der Waals surface area contributed by atoms with Crippen LogP contribution in [0.15, 0.2) is 42.1 Å². The highest BCUT2D eigenvalue weighted by Gasteiger charge is 2.60. The lowest BCUT2D eigenvalue weighted by atomic mass is 9.77. The van der Waals surface area contributed by atoms with Crippen molar-refractivity contribution in [2.24, 2.45) is 0 Å². The molecule has 1 atom stereocenters. The van der Waals surface area contributed by atoms with Gasteiger partial charge in [-0.3, -0.25) is 14.6 Å². The number of carbonyl (C=O) groups excluding carboxylic acids is 2. The van der Waals surface area contributed by atoms with E-state index in [0.29, 0.717) is 12.3 Å². The molecule has 224 valence electrons. The molecule has 0 saturated heterocycles. The normalized spacial score (nSPS) is 18.4. The summed E-state index contributed by atoms with van der Waals surface area (Å²) in [5.41, 5.74) is -6.69. The van der Waals surface area contributed by atoms with E-state index in [1.807, 2.05) is 0 Å². The van der Waals surface area contributed by atoms with Crippen molar-refractivity contribution >= 4 is 27.2 Å². The van der Waals surface area contributed by atoms with Gasteiger partial charge in [0.05, 0.1) is 5.69 Å². The zero-order valence-corrected chi connectivity index (χ0v) is 21.3. The van der Waals surface area contributed by atoms with Crippen LogP contribution in [0.2, 0.25) is 0 Å². The van der Waals surface area contributed by atoms with Gasteiger partial charge >= 0.3 is 12.5 Å². The molecule has 1 unspecified atom stereocenters. The van der Waals surface area contributed by atoms with Crippen molar-refractivity contribution in [3.05, 3.63) is 64.7 Å². The highest BCUT2D eigenvalue weighted by molar-refractivity contribution is 7.91. The molecule has 0 aliphatic carbocycles.